The second-order valence-electron chi connectivity index (χ2n) is 7.49. The molecule has 3 aliphatic rings. The minimum Gasteiger partial charge on any atom is -0.299 e. The van der Waals surface area contributed by atoms with Crippen molar-refractivity contribution >= 4 is 5.78 Å². The van der Waals surface area contributed by atoms with Crippen LogP contribution < -0.4 is 0 Å². The molecule has 0 aromatic carbocycles. The summed E-state index contributed by atoms with van der Waals surface area (Å²) in [5.41, 5.74) is 3.23. The third-order valence-electron chi connectivity index (χ3n) is 6.20. The van der Waals surface area contributed by atoms with E-state index in [-0.39, 0.29) is 0 Å². The number of ketones is 1. The molecule has 0 heterocycles. The van der Waals surface area contributed by atoms with Gasteiger partial charge in [-0.05, 0) is 56.3 Å². The molecule has 20 heavy (non-hydrogen) atoms. The van der Waals surface area contributed by atoms with E-state index in [9.17, 15) is 4.79 Å². The second kappa shape index (κ2) is 6.45. The number of allylic oxidation sites excluding steroid dienone is 2. The van der Waals surface area contributed by atoms with Gasteiger partial charge in [-0.2, -0.15) is 0 Å². The monoisotopic (exact) mass is 274 g/mol. The van der Waals surface area contributed by atoms with Crippen LogP contribution in [0, 0.1) is 17.8 Å². The van der Waals surface area contributed by atoms with Crippen molar-refractivity contribution in [2.24, 2.45) is 17.8 Å². The van der Waals surface area contributed by atoms with E-state index in [1.54, 1.807) is 5.57 Å². The van der Waals surface area contributed by atoms with Crippen LogP contribution in [-0.4, -0.2) is 5.78 Å². The number of hydrogen-bond acceptors (Lipinski definition) is 1. The van der Waals surface area contributed by atoms with Gasteiger partial charge in [0.1, 0.15) is 5.78 Å². The molecule has 1 atom stereocenters. The highest BCUT2D eigenvalue weighted by molar-refractivity contribution is 5.82. The number of Topliss-reactive ketones (excluding diaryl/α,β-unsaturated/α-hetero) is 1. The van der Waals surface area contributed by atoms with Crippen LogP contribution in [0.1, 0.15) is 84.0 Å². The third kappa shape index (κ3) is 3.18. The fourth-order valence-corrected chi connectivity index (χ4v) is 4.97. The molecule has 0 aromatic heterocycles. The van der Waals surface area contributed by atoms with Crippen LogP contribution in [0.15, 0.2) is 11.1 Å². The van der Waals surface area contributed by atoms with Crippen LogP contribution in [0.2, 0.25) is 0 Å². The molecule has 0 spiro atoms. The number of carbonyl (C=O) groups is 1. The smallest absolute Gasteiger partial charge is 0.137 e. The molecule has 1 unspecified atom stereocenters. The first-order valence-corrected chi connectivity index (χ1v) is 8.97. The molecule has 1 nitrogen and oxygen atoms in total. The van der Waals surface area contributed by atoms with Gasteiger partial charge in [-0.3, -0.25) is 4.79 Å². The minimum atomic E-state index is 0.488. The average Bonchev–Trinajstić information content (AvgIpc) is 2.48. The minimum absolute atomic E-state index is 0.488. The van der Waals surface area contributed by atoms with E-state index in [0.29, 0.717) is 5.78 Å². The zero-order valence-electron chi connectivity index (χ0n) is 13.1. The van der Waals surface area contributed by atoms with Crippen molar-refractivity contribution in [3.8, 4) is 0 Å². The Morgan fingerprint density at radius 1 is 0.900 bits per heavy atom. The molecular weight excluding hydrogens is 244 g/mol. The summed E-state index contributed by atoms with van der Waals surface area (Å²) >= 11 is 0. The maximum atomic E-state index is 11.6. The maximum absolute atomic E-state index is 11.6. The van der Waals surface area contributed by atoms with Crippen molar-refractivity contribution < 1.29 is 4.79 Å². The maximum Gasteiger partial charge on any atom is 0.137 e. The average molecular weight is 274 g/mol. The molecule has 112 valence electrons. The lowest BCUT2D eigenvalue weighted by atomic mass is 9.67. The van der Waals surface area contributed by atoms with Crippen LogP contribution in [0.5, 0.6) is 0 Å². The Labute approximate surface area is 124 Å². The molecule has 0 saturated heterocycles. The summed E-state index contributed by atoms with van der Waals surface area (Å²) < 4.78 is 0. The number of carbonyl (C=O) groups excluding carboxylic acids is 1. The Balaban J connectivity index is 1.54. The van der Waals surface area contributed by atoms with Gasteiger partial charge in [0.05, 0.1) is 0 Å². The van der Waals surface area contributed by atoms with E-state index in [0.717, 1.165) is 37.0 Å². The molecule has 0 N–H and O–H groups in total. The van der Waals surface area contributed by atoms with E-state index >= 15 is 0 Å². The Bertz CT molecular complexity index is 385. The van der Waals surface area contributed by atoms with Gasteiger partial charge in [-0.15, -0.1) is 0 Å². The van der Waals surface area contributed by atoms with Crippen molar-refractivity contribution in [1.29, 1.82) is 0 Å². The SMILES string of the molecule is CCCC1CCC(C2CCC3=C(CCC(=O)C3)C2)CC1. The Hall–Kier alpha value is -0.590. The molecule has 0 amide bonds. The number of rotatable bonds is 3. The highest BCUT2D eigenvalue weighted by Gasteiger charge is 2.32. The summed E-state index contributed by atoms with van der Waals surface area (Å²) in [6.07, 6.45) is 15.4. The second-order valence-corrected chi connectivity index (χ2v) is 7.49. The predicted octanol–water partition coefficient (Wildman–Crippen LogP) is 5.44. The Morgan fingerprint density at radius 2 is 1.70 bits per heavy atom. The molecule has 1 fully saturated rings. The highest BCUT2D eigenvalue weighted by Crippen LogP contribution is 2.44. The predicted molar refractivity (Wildman–Crippen MR) is 83.6 cm³/mol. The lowest BCUT2D eigenvalue weighted by Crippen LogP contribution is -2.26. The van der Waals surface area contributed by atoms with Gasteiger partial charge in [0, 0.05) is 12.8 Å². The highest BCUT2D eigenvalue weighted by atomic mass is 16.1. The fourth-order valence-electron chi connectivity index (χ4n) is 4.97. The van der Waals surface area contributed by atoms with Crippen LogP contribution in [0.25, 0.3) is 0 Å². The lowest BCUT2D eigenvalue weighted by molar-refractivity contribution is -0.118. The molecule has 0 radical (unpaired) electrons. The van der Waals surface area contributed by atoms with Crippen LogP contribution in [0.3, 0.4) is 0 Å². The molecule has 0 bridgehead atoms. The Kier molecular flexibility index (Phi) is 4.63. The van der Waals surface area contributed by atoms with E-state index in [1.165, 1.54) is 63.4 Å². The largest absolute Gasteiger partial charge is 0.299 e. The molecule has 3 aliphatic carbocycles. The summed E-state index contributed by atoms with van der Waals surface area (Å²) in [5.74, 6) is 3.46. The first-order chi connectivity index (χ1) is 9.76. The molecule has 1 heteroatoms. The van der Waals surface area contributed by atoms with Gasteiger partial charge >= 0.3 is 0 Å². The Morgan fingerprint density at radius 3 is 2.45 bits per heavy atom. The van der Waals surface area contributed by atoms with E-state index in [2.05, 4.69) is 6.92 Å². The van der Waals surface area contributed by atoms with Crippen molar-refractivity contribution in [3.63, 3.8) is 0 Å². The molecular formula is C19H30O. The zero-order chi connectivity index (χ0) is 13.9. The standard InChI is InChI=1S/C19H30O/c1-2-3-14-4-6-15(7-5-14)16-8-9-18-13-19(20)11-10-17(18)12-16/h14-16H,2-13H2,1H3. The summed E-state index contributed by atoms with van der Waals surface area (Å²) in [5, 5.41) is 0. The summed E-state index contributed by atoms with van der Waals surface area (Å²) in [7, 11) is 0. The summed E-state index contributed by atoms with van der Waals surface area (Å²) in [6, 6.07) is 0. The topological polar surface area (TPSA) is 17.1 Å². The van der Waals surface area contributed by atoms with Crippen molar-refractivity contribution in [2.45, 2.75) is 84.0 Å². The third-order valence-corrected chi connectivity index (χ3v) is 6.20. The first kappa shape index (κ1) is 14.4. The lowest BCUT2D eigenvalue weighted by Gasteiger charge is -2.38. The van der Waals surface area contributed by atoms with Gasteiger partial charge in [0.2, 0.25) is 0 Å². The van der Waals surface area contributed by atoms with Crippen molar-refractivity contribution in [1.82, 2.24) is 0 Å². The van der Waals surface area contributed by atoms with E-state index < -0.39 is 0 Å². The zero-order valence-corrected chi connectivity index (χ0v) is 13.1. The fraction of sp³-hybridized carbons (Fsp3) is 0.842. The summed E-state index contributed by atoms with van der Waals surface area (Å²) in [4.78, 5) is 11.6. The van der Waals surface area contributed by atoms with Gasteiger partial charge < -0.3 is 0 Å². The molecule has 1 saturated carbocycles. The van der Waals surface area contributed by atoms with Gasteiger partial charge in [-0.25, -0.2) is 0 Å². The first-order valence-electron chi connectivity index (χ1n) is 8.97. The normalized spacial score (nSPS) is 35.0. The molecule has 0 aliphatic heterocycles. The van der Waals surface area contributed by atoms with Crippen LogP contribution in [-0.2, 0) is 4.79 Å². The van der Waals surface area contributed by atoms with Crippen LogP contribution in [0.4, 0.5) is 0 Å². The van der Waals surface area contributed by atoms with E-state index in [1.807, 2.05) is 0 Å². The van der Waals surface area contributed by atoms with Crippen molar-refractivity contribution in [3.05, 3.63) is 11.1 Å². The van der Waals surface area contributed by atoms with Crippen molar-refractivity contribution in [2.75, 3.05) is 0 Å². The summed E-state index contributed by atoms with van der Waals surface area (Å²) in [6.45, 7) is 2.32. The van der Waals surface area contributed by atoms with Gasteiger partial charge in [0.25, 0.3) is 0 Å². The van der Waals surface area contributed by atoms with Gasteiger partial charge in [0.15, 0.2) is 0 Å². The van der Waals surface area contributed by atoms with E-state index in [4.69, 9.17) is 0 Å². The van der Waals surface area contributed by atoms with Crippen LogP contribution >= 0.6 is 0 Å². The molecule has 0 aromatic rings. The van der Waals surface area contributed by atoms with Gasteiger partial charge in [-0.1, -0.05) is 43.8 Å². The quantitative estimate of drug-likeness (QED) is 0.626. The number of hydrogen-bond donors (Lipinski definition) is 0. The molecule has 3 rings (SSSR count).